The van der Waals surface area contributed by atoms with E-state index in [9.17, 15) is 4.79 Å². The number of hydrogen-bond donors (Lipinski definition) is 1. The van der Waals surface area contributed by atoms with E-state index in [0.29, 0.717) is 0 Å². The number of benzene rings is 1. The smallest absolute Gasteiger partial charge is 0.252 e. The van der Waals surface area contributed by atoms with Crippen molar-refractivity contribution in [2.75, 3.05) is 23.7 Å². The van der Waals surface area contributed by atoms with Gasteiger partial charge in [0.05, 0.1) is 5.56 Å². The SMILES string of the molecule is CCSc1ccccc1C(=O)NC1CCN(c2nccs2)C1. The van der Waals surface area contributed by atoms with Crippen molar-refractivity contribution in [1.82, 2.24) is 10.3 Å². The highest BCUT2D eigenvalue weighted by molar-refractivity contribution is 7.99. The van der Waals surface area contributed by atoms with Crippen LogP contribution in [0.2, 0.25) is 0 Å². The van der Waals surface area contributed by atoms with Crippen LogP contribution in [-0.4, -0.2) is 35.8 Å². The maximum atomic E-state index is 12.5. The zero-order valence-electron chi connectivity index (χ0n) is 12.5. The molecule has 2 aromatic rings. The fraction of sp³-hybridized carbons (Fsp3) is 0.375. The summed E-state index contributed by atoms with van der Waals surface area (Å²) in [6, 6.07) is 8.01. The number of rotatable bonds is 5. The third-order valence-electron chi connectivity index (χ3n) is 3.64. The Morgan fingerprint density at radius 2 is 2.36 bits per heavy atom. The highest BCUT2D eigenvalue weighted by Crippen LogP contribution is 2.24. The molecule has 0 aliphatic carbocycles. The van der Waals surface area contributed by atoms with E-state index in [0.717, 1.165) is 40.9 Å². The summed E-state index contributed by atoms with van der Waals surface area (Å²) < 4.78 is 0. The van der Waals surface area contributed by atoms with Gasteiger partial charge in [-0.25, -0.2) is 4.98 Å². The number of carbonyl (C=O) groups excluding carboxylic acids is 1. The van der Waals surface area contributed by atoms with E-state index in [1.807, 2.05) is 35.8 Å². The number of thioether (sulfide) groups is 1. The third-order valence-corrected chi connectivity index (χ3v) is 5.43. The van der Waals surface area contributed by atoms with Gasteiger partial charge in [0, 0.05) is 35.6 Å². The molecule has 116 valence electrons. The summed E-state index contributed by atoms with van der Waals surface area (Å²) in [6.07, 6.45) is 2.79. The molecular weight excluding hydrogens is 314 g/mol. The van der Waals surface area contributed by atoms with Crippen LogP contribution in [0.3, 0.4) is 0 Å². The van der Waals surface area contributed by atoms with E-state index in [-0.39, 0.29) is 11.9 Å². The number of aromatic nitrogens is 1. The van der Waals surface area contributed by atoms with Gasteiger partial charge in [0.15, 0.2) is 5.13 Å². The lowest BCUT2D eigenvalue weighted by Crippen LogP contribution is -2.37. The van der Waals surface area contributed by atoms with Gasteiger partial charge in [0.1, 0.15) is 0 Å². The molecule has 1 saturated heterocycles. The summed E-state index contributed by atoms with van der Waals surface area (Å²) in [5, 5.41) is 6.19. The highest BCUT2D eigenvalue weighted by Gasteiger charge is 2.26. The van der Waals surface area contributed by atoms with E-state index >= 15 is 0 Å². The minimum Gasteiger partial charge on any atom is -0.347 e. The molecule has 2 heterocycles. The van der Waals surface area contributed by atoms with Gasteiger partial charge < -0.3 is 10.2 Å². The quantitative estimate of drug-likeness (QED) is 0.853. The zero-order chi connectivity index (χ0) is 15.4. The van der Waals surface area contributed by atoms with Crippen LogP contribution in [0.1, 0.15) is 23.7 Å². The number of anilines is 1. The molecule has 22 heavy (non-hydrogen) atoms. The van der Waals surface area contributed by atoms with Gasteiger partial charge in [-0.3, -0.25) is 4.79 Å². The highest BCUT2D eigenvalue weighted by atomic mass is 32.2. The fourth-order valence-electron chi connectivity index (χ4n) is 2.62. The van der Waals surface area contributed by atoms with Crippen molar-refractivity contribution in [2.24, 2.45) is 0 Å². The maximum Gasteiger partial charge on any atom is 0.252 e. The average molecular weight is 333 g/mol. The number of amides is 1. The molecule has 1 aliphatic heterocycles. The summed E-state index contributed by atoms with van der Waals surface area (Å²) in [5.74, 6) is 0.994. The number of nitrogens with zero attached hydrogens (tertiary/aromatic N) is 2. The minimum atomic E-state index is 0.0301. The Bertz CT molecular complexity index is 630. The topological polar surface area (TPSA) is 45.2 Å². The zero-order valence-corrected chi connectivity index (χ0v) is 14.1. The Hall–Kier alpha value is -1.53. The van der Waals surface area contributed by atoms with Crippen LogP contribution in [0.4, 0.5) is 5.13 Å². The molecule has 1 atom stereocenters. The Labute approximate surface area is 138 Å². The molecule has 0 spiro atoms. The Kier molecular flexibility index (Phi) is 5.00. The van der Waals surface area contributed by atoms with Crippen molar-refractivity contribution in [2.45, 2.75) is 24.3 Å². The van der Waals surface area contributed by atoms with E-state index < -0.39 is 0 Å². The van der Waals surface area contributed by atoms with Gasteiger partial charge in [-0.2, -0.15) is 0 Å². The largest absolute Gasteiger partial charge is 0.347 e. The molecule has 1 aromatic heterocycles. The number of nitrogens with one attached hydrogen (secondary N) is 1. The summed E-state index contributed by atoms with van der Waals surface area (Å²) in [5.41, 5.74) is 0.780. The normalized spacial score (nSPS) is 17.7. The molecule has 1 fully saturated rings. The molecular formula is C16H19N3OS2. The maximum absolute atomic E-state index is 12.5. The first-order chi connectivity index (χ1) is 10.8. The van der Waals surface area contributed by atoms with Crippen LogP contribution in [0, 0.1) is 0 Å². The lowest BCUT2D eigenvalue weighted by Gasteiger charge is -2.16. The predicted octanol–water partition coefficient (Wildman–Crippen LogP) is 3.26. The van der Waals surface area contributed by atoms with Crippen LogP contribution < -0.4 is 10.2 Å². The lowest BCUT2D eigenvalue weighted by molar-refractivity contribution is 0.0937. The van der Waals surface area contributed by atoms with Gasteiger partial charge in [0.25, 0.3) is 5.91 Å². The van der Waals surface area contributed by atoms with Gasteiger partial charge in [-0.15, -0.1) is 23.1 Å². The Morgan fingerprint density at radius 3 is 3.14 bits per heavy atom. The van der Waals surface area contributed by atoms with E-state index in [1.165, 1.54) is 0 Å². The molecule has 1 aliphatic rings. The second-order valence-electron chi connectivity index (χ2n) is 5.15. The Balaban J connectivity index is 1.63. The van der Waals surface area contributed by atoms with Gasteiger partial charge >= 0.3 is 0 Å². The molecule has 1 aromatic carbocycles. The fourth-order valence-corrected chi connectivity index (χ4v) is 4.10. The molecule has 0 radical (unpaired) electrons. The van der Waals surface area contributed by atoms with Gasteiger partial charge in [-0.1, -0.05) is 19.1 Å². The third kappa shape index (κ3) is 3.44. The summed E-state index contributed by atoms with van der Waals surface area (Å²) >= 11 is 3.35. The van der Waals surface area contributed by atoms with Gasteiger partial charge in [0.2, 0.25) is 0 Å². The molecule has 0 saturated carbocycles. The van der Waals surface area contributed by atoms with Crippen molar-refractivity contribution < 1.29 is 4.79 Å². The van der Waals surface area contributed by atoms with Crippen molar-refractivity contribution in [3.8, 4) is 0 Å². The van der Waals surface area contributed by atoms with Crippen LogP contribution in [0.15, 0.2) is 40.7 Å². The van der Waals surface area contributed by atoms with E-state index in [1.54, 1.807) is 23.1 Å². The lowest BCUT2D eigenvalue weighted by atomic mass is 10.2. The number of carbonyl (C=O) groups is 1. The van der Waals surface area contributed by atoms with Crippen LogP contribution >= 0.6 is 23.1 Å². The summed E-state index contributed by atoms with van der Waals surface area (Å²) in [7, 11) is 0. The average Bonchev–Trinajstić information content (AvgIpc) is 3.19. The first-order valence-corrected chi connectivity index (χ1v) is 9.31. The monoisotopic (exact) mass is 333 g/mol. The molecule has 1 unspecified atom stereocenters. The molecule has 1 amide bonds. The molecule has 1 N–H and O–H groups in total. The predicted molar refractivity (Wildman–Crippen MR) is 93.0 cm³/mol. The van der Waals surface area contributed by atoms with E-state index in [4.69, 9.17) is 0 Å². The molecule has 4 nitrogen and oxygen atoms in total. The summed E-state index contributed by atoms with van der Waals surface area (Å²) in [6.45, 7) is 3.88. The molecule has 0 bridgehead atoms. The Morgan fingerprint density at radius 1 is 1.50 bits per heavy atom. The first kappa shape index (κ1) is 15.4. The second-order valence-corrected chi connectivity index (χ2v) is 7.33. The standard InChI is InChI=1S/C16H19N3OS2/c1-2-21-14-6-4-3-5-13(14)15(20)18-12-7-9-19(11-12)16-17-8-10-22-16/h3-6,8,10,12H,2,7,9,11H2,1H3,(H,18,20). The second kappa shape index (κ2) is 7.15. The minimum absolute atomic E-state index is 0.0301. The number of thiazole rings is 1. The van der Waals surface area contributed by atoms with E-state index in [2.05, 4.69) is 22.1 Å². The van der Waals surface area contributed by atoms with Crippen LogP contribution in [0.25, 0.3) is 0 Å². The summed E-state index contributed by atoms with van der Waals surface area (Å²) in [4.78, 5) is 20.2. The van der Waals surface area contributed by atoms with Gasteiger partial charge in [-0.05, 0) is 24.3 Å². The van der Waals surface area contributed by atoms with Crippen molar-refractivity contribution in [3.05, 3.63) is 41.4 Å². The molecule has 6 heteroatoms. The van der Waals surface area contributed by atoms with Crippen molar-refractivity contribution >= 4 is 34.1 Å². The van der Waals surface area contributed by atoms with Crippen LogP contribution in [-0.2, 0) is 0 Å². The van der Waals surface area contributed by atoms with Crippen molar-refractivity contribution in [1.29, 1.82) is 0 Å². The van der Waals surface area contributed by atoms with Crippen LogP contribution in [0.5, 0.6) is 0 Å². The number of hydrogen-bond acceptors (Lipinski definition) is 5. The van der Waals surface area contributed by atoms with Crippen molar-refractivity contribution in [3.63, 3.8) is 0 Å². The first-order valence-electron chi connectivity index (χ1n) is 7.45. The molecule has 3 rings (SSSR count).